The lowest BCUT2D eigenvalue weighted by Gasteiger charge is -2.24. The van der Waals surface area contributed by atoms with Crippen molar-refractivity contribution in [3.8, 4) is 11.4 Å². The highest BCUT2D eigenvalue weighted by Crippen LogP contribution is 2.26. The minimum Gasteiger partial charge on any atom is -0.359 e. The van der Waals surface area contributed by atoms with Crippen LogP contribution in [0, 0.1) is 0 Å². The maximum Gasteiger partial charge on any atom is 0.237 e. The van der Waals surface area contributed by atoms with Gasteiger partial charge in [0.1, 0.15) is 0 Å². The van der Waals surface area contributed by atoms with Gasteiger partial charge >= 0.3 is 0 Å². The predicted molar refractivity (Wildman–Crippen MR) is 92.9 cm³/mol. The average molecular weight is 364 g/mol. The third kappa shape index (κ3) is 3.18. The Hall–Kier alpha value is -3.50. The van der Waals surface area contributed by atoms with Gasteiger partial charge in [-0.2, -0.15) is 9.36 Å². The molecular weight excluding hydrogens is 348 g/mol. The van der Waals surface area contributed by atoms with E-state index in [0.29, 0.717) is 11.5 Å². The van der Waals surface area contributed by atoms with Gasteiger partial charge in [-0.25, -0.2) is 0 Å². The molecule has 2 aromatic heterocycles. The number of ether oxygens (including phenoxy) is 1. The van der Waals surface area contributed by atoms with Crippen molar-refractivity contribution in [2.45, 2.75) is 12.2 Å². The van der Waals surface area contributed by atoms with Gasteiger partial charge in [0.05, 0.1) is 17.8 Å². The van der Waals surface area contributed by atoms with Crippen LogP contribution in [0.25, 0.3) is 11.4 Å². The van der Waals surface area contributed by atoms with Crippen LogP contribution in [0.5, 0.6) is 0 Å². The molecule has 4 aromatic rings. The molecule has 136 valence electrons. The molecule has 0 saturated heterocycles. The highest BCUT2D eigenvalue weighted by molar-refractivity contribution is 5.32. The minimum atomic E-state index is -1.83. The topological polar surface area (TPSA) is 117 Å². The Morgan fingerprint density at radius 1 is 0.852 bits per heavy atom. The molecule has 2 heterocycles. The summed E-state index contributed by atoms with van der Waals surface area (Å²) in [5, 5.41) is 34.5. The van der Waals surface area contributed by atoms with Gasteiger partial charge in [-0.1, -0.05) is 36.4 Å². The second-order valence-electron chi connectivity index (χ2n) is 5.76. The minimum absolute atomic E-state index is 0.0569. The highest BCUT2D eigenvalue weighted by Gasteiger charge is 2.38. The summed E-state index contributed by atoms with van der Waals surface area (Å²) in [6.07, 6.45) is -0.0569. The van der Waals surface area contributed by atoms with Crippen molar-refractivity contribution in [3.63, 3.8) is 0 Å². The Balaban J connectivity index is 1.72. The van der Waals surface area contributed by atoms with Gasteiger partial charge in [-0.3, -0.25) is 0 Å². The third-order valence-corrected chi connectivity index (χ3v) is 4.09. The van der Waals surface area contributed by atoms with E-state index in [0.717, 1.165) is 5.69 Å². The summed E-state index contributed by atoms with van der Waals surface area (Å²) >= 11 is 0. The van der Waals surface area contributed by atoms with Crippen molar-refractivity contribution in [3.05, 3.63) is 72.3 Å². The van der Waals surface area contributed by atoms with Crippen molar-refractivity contribution >= 4 is 0 Å². The first-order valence-corrected chi connectivity index (χ1v) is 8.16. The van der Waals surface area contributed by atoms with Crippen LogP contribution in [0.4, 0.5) is 0 Å². The van der Waals surface area contributed by atoms with Crippen molar-refractivity contribution in [1.29, 1.82) is 0 Å². The SMILES string of the molecule is COC(O)(Cc1nnnn1-c1ccccc1)c1nnnn1-c1ccccc1. The second-order valence-corrected chi connectivity index (χ2v) is 5.76. The van der Waals surface area contributed by atoms with Crippen LogP contribution in [-0.4, -0.2) is 52.6 Å². The van der Waals surface area contributed by atoms with Crippen LogP contribution in [0.15, 0.2) is 60.7 Å². The highest BCUT2D eigenvalue weighted by atomic mass is 16.6. The lowest BCUT2D eigenvalue weighted by molar-refractivity contribution is -0.201. The molecule has 27 heavy (non-hydrogen) atoms. The van der Waals surface area contributed by atoms with Crippen molar-refractivity contribution < 1.29 is 9.84 Å². The second kappa shape index (κ2) is 7.02. The fraction of sp³-hybridized carbons (Fsp3) is 0.176. The van der Waals surface area contributed by atoms with E-state index in [2.05, 4.69) is 31.1 Å². The Morgan fingerprint density at radius 3 is 2.04 bits per heavy atom. The molecule has 10 heteroatoms. The van der Waals surface area contributed by atoms with Crippen LogP contribution in [0.1, 0.15) is 11.6 Å². The lowest BCUT2D eigenvalue weighted by Crippen LogP contribution is -2.35. The molecule has 10 nitrogen and oxygen atoms in total. The third-order valence-electron chi connectivity index (χ3n) is 4.09. The number of tetrazole rings is 2. The van der Waals surface area contributed by atoms with E-state index in [4.69, 9.17) is 4.74 Å². The van der Waals surface area contributed by atoms with E-state index < -0.39 is 5.79 Å². The largest absolute Gasteiger partial charge is 0.359 e. The zero-order valence-corrected chi connectivity index (χ0v) is 14.4. The van der Waals surface area contributed by atoms with E-state index in [1.807, 2.05) is 60.7 Å². The van der Waals surface area contributed by atoms with Crippen molar-refractivity contribution in [2.24, 2.45) is 0 Å². The molecule has 0 spiro atoms. The Kier molecular flexibility index (Phi) is 4.40. The van der Waals surface area contributed by atoms with Gasteiger partial charge in [-0.05, 0) is 45.1 Å². The first-order valence-electron chi connectivity index (χ1n) is 8.16. The number of methoxy groups -OCH3 is 1. The molecular formula is C17H16N8O2. The summed E-state index contributed by atoms with van der Waals surface area (Å²) in [5.74, 6) is -1.31. The summed E-state index contributed by atoms with van der Waals surface area (Å²) in [7, 11) is 1.38. The molecule has 0 fully saturated rings. The standard InChI is InChI=1S/C17H16N8O2/c1-27-17(26,16-19-21-23-25(16)14-10-6-3-7-11-14)12-15-18-20-22-24(15)13-8-4-2-5-9-13/h2-11,26H,12H2,1H3. The quantitative estimate of drug-likeness (QED) is 0.496. The van der Waals surface area contributed by atoms with Crippen molar-refractivity contribution in [2.75, 3.05) is 7.11 Å². The molecule has 1 atom stereocenters. The normalized spacial score (nSPS) is 13.4. The monoisotopic (exact) mass is 364 g/mol. The van der Waals surface area contributed by atoms with Gasteiger partial charge in [0, 0.05) is 7.11 Å². The molecule has 0 radical (unpaired) electrons. The Labute approximate surface area is 154 Å². The first kappa shape index (κ1) is 16.9. The number of rotatable bonds is 6. The van der Waals surface area contributed by atoms with Gasteiger partial charge in [0.25, 0.3) is 0 Å². The van der Waals surface area contributed by atoms with Crippen molar-refractivity contribution in [1.82, 2.24) is 40.4 Å². The van der Waals surface area contributed by atoms with Crippen LogP contribution in [-0.2, 0) is 16.9 Å². The molecule has 0 aliphatic carbocycles. The van der Waals surface area contributed by atoms with E-state index in [-0.39, 0.29) is 12.2 Å². The fourth-order valence-electron chi connectivity index (χ4n) is 2.72. The summed E-state index contributed by atoms with van der Waals surface area (Å²) in [6, 6.07) is 18.6. The van der Waals surface area contributed by atoms with Gasteiger partial charge in [0.2, 0.25) is 11.6 Å². The number of aliphatic hydroxyl groups is 1. The summed E-state index contributed by atoms with van der Waals surface area (Å²) in [5.41, 5.74) is 1.45. The molecule has 0 bridgehead atoms. The van der Waals surface area contributed by atoms with E-state index in [9.17, 15) is 5.11 Å². The van der Waals surface area contributed by atoms with Gasteiger partial charge < -0.3 is 9.84 Å². The number of para-hydroxylation sites is 2. The number of nitrogens with zero attached hydrogens (tertiary/aromatic N) is 8. The van der Waals surface area contributed by atoms with E-state index >= 15 is 0 Å². The zero-order chi connectivity index (χ0) is 18.7. The number of hydrogen-bond acceptors (Lipinski definition) is 8. The smallest absolute Gasteiger partial charge is 0.237 e. The number of benzene rings is 2. The maximum absolute atomic E-state index is 11.2. The molecule has 4 rings (SSSR count). The zero-order valence-electron chi connectivity index (χ0n) is 14.4. The summed E-state index contributed by atoms with van der Waals surface area (Å²) in [6.45, 7) is 0. The lowest BCUT2D eigenvalue weighted by atomic mass is 10.1. The van der Waals surface area contributed by atoms with Crippen LogP contribution in [0.3, 0.4) is 0 Å². The molecule has 1 unspecified atom stereocenters. The van der Waals surface area contributed by atoms with Crippen LogP contribution >= 0.6 is 0 Å². The van der Waals surface area contributed by atoms with Crippen LogP contribution in [0.2, 0.25) is 0 Å². The number of aromatic nitrogens is 8. The molecule has 0 saturated carbocycles. The van der Waals surface area contributed by atoms with Gasteiger partial charge in [0.15, 0.2) is 5.82 Å². The molecule has 0 aliphatic heterocycles. The molecule has 0 amide bonds. The number of hydrogen-bond donors (Lipinski definition) is 1. The average Bonchev–Trinajstić information content (AvgIpc) is 3.39. The first-order chi connectivity index (χ1) is 13.2. The summed E-state index contributed by atoms with van der Waals surface area (Å²) < 4.78 is 8.34. The Bertz CT molecular complexity index is 1020. The Morgan fingerprint density at radius 2 is 1.41 bits per heavy atom. The van der Waals surface area contributed by atoms with Gasteiger partial charge in [-0.15, -0.1) is 10.2 Å². The van der Waals surface area contributed by atoms with Crippen LogP contribution < -0.4 is 0 Å². The van der Waals surface area contributed by atoms with E-state index in [1.54, 1.807) is 0 Å². The maximum atomic E-state index is 11.2. The molecule has 0 aliphatic rings. The van der Waals surface area contributed by atoms with E-state index in [1.165, 1.54) is 16.5 Å². The summed E-state index contributed by atoms with van der Waals surface area (Å²) in [4.78, 5) is 0. The molecule has 1 N–H and O–H groups in total. The fourth-order valence-corrected chi connectivity index (χ4v) is 2.72. The predicted octanol–water partition coefficient (Wildman–Crippen LogP) is 0.672. The molecule has 2 aromatic carbocycles.